The Morgan fingerprint density at radius 2 is 1.80 bits per heavy atom. The van der Waals surface area contributed by atoms with Crippen molar-refractivity contribution in [2.45, 2.75) is 39.3 Å². The number of nitrogens with zero attached hydrogens (tertiary/aromatic N) is 1. The van der Waals surface area contributed by atoms with Crippen molar-refractivity contribution in [2.75, 3.05) is 6.54 Å². The summed E-state index contributed by atoms with van der Waals surface area (Å²) in [7, 11) is 0. The number of hydrogen-bond acceptors (Lipinski definition) is 3. The molecule has 5 nitrogen and oxygen atoms in total. The van der Waals surface area contributed by atoms with E-state index in [1.54, 1.807) is 11.8 Å². The van der Waals surface area contributed by atoms with E-state index in [-0.39, 0.29) is 13.0 Å². The molecule has 110 valence electrons. The van der Waals surface area contributed by atoms with Crippen LogP contribution in [-0.4, -0.2) is 39.6 Å². The highest BCUT2D eigenvalue weighted by atomic mass is 16.4. The first-order chi connectivity index (χ1) is 9.43. The number of rotatable bonds is 8. The molecule has 2 N–H and O–H groups in total. The third-order valence-corrected chi connectivity index (χ3v) is 3.23. The number of aryl methyl sites for hydroxylation is 1. The van der Waals surface area contributed by atoms with Crippen LogP contribution in [0.4, 0.5) is 0 Å². The SMILES string of the molecule is CCC(C(=O)O)N(CCC(=O)O)Cc1ccc(C)cc1. The molecule has 0 aliphatic heterocycles. The van der Waals surface area contributed by atoms with E-state index in [0.29, 0.717) is 13.0 Å². The molecule has 1 aromatic carbocycles. The van der Waals surface area contributed by atoms with Gasteiger partial charge in [-0.3, -0.25) is 14.5 Å². The van der Waals surface area contributed by atoms with Crippen molar-refractivity contribution < 1.29 is 19.8 Å². The Morgan fingerprint density at radius 3 is 2.25 bits per heavy atom. The molecule has 0 aliphatic rings. The standard InChI is InChI=1S/C15H21NO4/c1-3-13(15(19)20)16(9-8-14(17)18)10-12-6-4-11(2)5-7-12/h4-7,13H,3,8-10H2,1-2H3,(H,17,18)(H,19,20). The number of carboxylic acids is 2. The molecule has 0 bridgehead atoms. The van der Waals surface area contributed by atoms with E-state index >= 15 is 0 Å². The van der Waals surface area contributed by atoms with Gasteiger partial charge in [0.25, 0.3) is 0 Å². The molecular formula is C15H21NO4. The fourth-order valence-electron chi connectivity index (χ4n) is 2.10. The molecule has 0 fully saturated rings. The number of benzene rings is 1. The number of aliphatic carboxylic acids is 2. The second-order valence-electron chi connectivity index (χ2n) is 4.86. The summed E-state index contributed by atoms with van der Waals surface area (Å²) >= 11 is 0. The molecule has 1 aromatic rings. The van der Waals surface area contributed by atoms with Crippen LogP contribution < -0.4 is 0 Å². The summed E-state index contributed by atoms with van der Waals surface area (Å²) in [6.07, 6.45) is 0.385. The first kappa shape index (κ1) is 16.2. The zero-order valence-corrected chi connectivity index (χ0v) is 11.9. The molecule has 0 amide bonds. The minimum absolute atomic E-state index is 0.0599. The summed E-state index contributed by atoms with van der Waals surface area (Å²) in [5, 5.41) is 18.0. The van der Waals surface area contributed by atoms with Crippen LogP contribution >= 0.6 is 0 Å². The first-order valence-corrected chi connectivity index (χ1v) is 6.68. The van der Waals surface area contributed by atoms with Crippen LogP contribution in [0.1, 0.15) is 30.9 Å². The normalized spacial score (nSPS) is 12.3. The minimum atomic E-state index is -0.917. The highest BCUT2D eigenvalue weighted by Crippen LogP contribution is 2.13. The minimum Gasteiger partial charge on any atom is -0.481 e. The van der Waals surface area contributed by atoms with Gasteiger partial charge >= 0.3 is 11.9 Å². The third-order valence-electron chi connectivity index (χ3n) is 3.23. The van der Waals surface area contributed by atoms with Crippen LogP contribution in [0.5, 0.6) is 0 Å². The maximum absolute atomic E-state index is 11.3. The van der Waals surface area contributed by atoms with E-state index in [9.17, 15) is 14.7 Å². The highest BCUT2D eigenvalue weighted by molar-refractivity contribution is 5.73. The second-order valence-corrected chi connectivity index (χ2v) is 4.86. The van der Waals surface area contributed by atoms with E-state index in [2.05, 4.69) is 0 Å². The van der Waals surface area contributed by atoms with E-state index in [1.165, 1.54) is 0 Å². The average molecular weight is 279 g/mol. The largest absolute Gasteiger partial charge is 0.481 e. The maximum atomic E-state index is 11.3. The monoisotopic (exact) mass is 279 g/mol. The summed E-state index contributed by atoms with van der Waals surface area (Å²) in [5.41, 5.74) is 2.12. The van der Waals surface area contributed by atoms with Crippen molar-refractivity contribution in [1.29, 1.82) is 0 Å². The average Bonchev–Trinajstić information content (AvgIpc) is 2.38. The topological polar surface area (TPSA) is 77.8 Å². The van der Waals surface area contributed by atoms with Crippen LogP contribution in [0.2, 0.25) is 0 Å². The van der Waals surface area contributed by atoms with E-state index < -0.39 is 18.0 Å². The summed E-state index contributed by atoms with van der Waals surface area (Å²) < 4.78 is 0. The zero-order chi connectivity index (χ0) is 15.1. The maximum Gasteiger partial charge on any atom is 0.320 e. The van der Waals surface area contributed by atoms with Gasteiger partial charge in [-0.1, -0.05) is 36.8 Å². The van der Waals surface area contributed by atoms with Gasteiger partial charge < -0.3 is 10.2 Å². The Balaban J connectivity index is 2.82. The Morgan fingerprint density at radius 1 is 1.20 bits per heavy atom. The lowest BCUT2D eigenvalue weighted by Gasteiger charge is -2.27. The van der Waals surface area contributed by atoms with E-state index in [1.807, 2.05) is 31.2 Å². The second kappa shape index (κ2) is 7.65. The van der Waals surface area contributed by atoms with Crippen molar-refractivity contribution >= 4 is 11.9 Å². The van der Waals surface area contributed by atoms with Crippen LogP contribution in [0.3, 0.4) is 0 Å². The molecule has 1 unspecified atom stereocenters. The van der Waals surface area contributed by atoms with Gasteiger partial charge in [-0.05, 0) is 18.9 Å². The van der Waals surface area contributed by atoms with Gasteiger partial charge in [0.15, 0.2) is 0 Å². The van der Waals surface area contributed by atoms with Crippen LogP contribution in [0.15, 0.2) is 24.3 Å². The molecule has 0 saturated carbocycles. The summed E-state index contributed by atoms with van der Waals surface area (Å²) in [5.74, 6) is -1.83. The first-order valence-electron chi connectivity index (χ1n) is 6.68. The molecule has 1 atom stereocenters. The van der Waals surface area contributed by atoms with Crippen molar-refractivity contribution in [3.05, 3.63) is 35.4 Å². The van der Waals surface area contributed by atoms with Gasteiger partial charge in [0.2, 0.25) is 0 Å². The lowest BCUT2D eigenvalue weighted by atomic mass is 10.1. The third kappa shape index (κ3) is 5.01. The molecule has 0 aliphatic carbocycles. The molecular weight excluding hydrogens is 258 g/mol. The molecule has 5 heteroatoms. The predicted octanol–water partition coefficient (Wildman–Crippen LogP) is 2.13. The Kier molecular flexibility index (Phi) is 6.18. The molecule has 0 saturated heterocycles. The van der Waals surface area contributed by atoms with Crippen LogP contribution in [0, 0.1) is 6.92 Å². The molecule has 0 aromatic heterocycles. The smallest absolute Gasteiger partial charge is 0.320 e. The highest BCUT2D eigenvalue weighted by Gasteiger charge is 2.24. The summed E-state index contributed by atoms with van der Waals surface area (Å²) in [6, 6.07) is 7.16. The Bertz CT molecular complexity index is 455. The molecule has 1 rings (SSSR count). The number of carboxylic acid groups (broad SMARTS) is 2. The van der Waals surface area contributed by atoms with Gasteiger partial charge in [0, 0.05) is 13.1 Å². The summed E-state index contributed by atoms with van der Waals surface area (Å²) in [6.45, 7) is 4.45. The van der Waals surface area contributed by atoms with Crippen LogP contribution in [0.25, 0.3) is 0 Å². The number of hydrogen-bond donors (Lipinski definition) is 2. The Hall–Kier alpha value is -1.88. The van der Waals surface area contributed by atoms with Crippen LogP contribution in [-0.2, 0) is 16.1 Å². The van der Waals surface area contributed by atoms with Crippen molar-refractivity contribution in [1.82, 2.24) is 4.90 Å². The molecule has 0 spiro atoms. The zero-order valence-electron chi connectivity index (χ0n) is 11.9. The fourth-order valence-corrected chi connectivity index (χ4v) is 2.10. The predicted molar refractivity (Wildman–Crippen MR) is 75.6 cm³/mol. The lowest BCUT2D eigenvalue weighted by Crippen LogP contribution is -2.41. The Labute approximate surface area is 118 Å². The molecule has 20 heavy (non-hydrogen) atoms. The van der Waals surface area contributed by atoms with E-state index in [4.69, 9.17) is 5.11 Å². The van der Waals surface area contributed by atoms with Gasteiger partial charge in [0.05, 0.1) is 6.42 Å². The quantitative estimate of drug-likeness (QED) is 0.762. The van der Waals surface area contributed by atoms with Gasteiger partial charge in [0.1, 0.15) is 6.04 Å². The lowest BCUT2D eigenvalue weighted by molar-refractivity contribution is -0.145. The fraction of sp³-hybridized carbons (Fsp3) is 0.467. The summed E-state index contributed by atoms with van der Waals surface area (Å²) in [4.78, 5) is 23.7. The molecule has 0 radical (unpaired) electrons. The van der Waals surface area contributed by atoms with E-state index in [0.717, 1.165) is 11.1 Å². The van der Waals surface area contributed by atoms with Gasteiger partial charge in [-0.15, -0.1) is 0 Å². The van der Waals surface area contributed by atoms with Gasteiger partial charge in [-0.2, -0.15) is 0 Å². The van der Waals surface area contributed by atoms with Crippen molar-refractivity contribution in [3.63, 3.8) is 0 Å². The molecule has 0 heterocycles. The van der Waals surface area contributed by atoms with Crippen molar-refractivity contribution in [3.8, 4) is 0 Å². The number of carbonyl (C=O) groups is 2. The van der Waals surface area contributed by atoms with Gasteiger partial charge in [-0.25, -0.2) is 0 Å². The van der Waals surface area contributed by atoms with Crippen molar-refractivity contribution in [2.24, 2.45) is 0 Å².